The van der Waals surface area contributed by atoms with Gasteiger partial charge >= 0.3 is 6.18 Å². The molecule has 0 unspecified atom stereocenters. The molecule has 1 fully saturated rings. The van der Waals surface area contributed by atoms with E-state index in [0.29, 0.717) is 18.4 Å². The van der Waals surface area contributed by atoms with Gasteiger partial charge in [-0.05, 0) is 18.9 Å². The fourth-order valence-corrected chi connectivity index (χ4v) is 2.83. The lowest BCUT2D eigenvalue weighted by molar-refractivity contribution is -0.141. The van der Waals surface area contributed by atoms with Crippen LogP contribution in [0, 0.1) is 0 Å². The molecule has 0 spiro atoms. The number of hydrogen-bond donors (Lipinski definition) is 2. The summed E-state index contributed by atoms with van der Waals surface area (Å²) in [4.78, 5) is 5.27. The van der Waals surface area contributed by atoms with Crippen molar-refractivity contribution < 1.29 is 18.3 Å². The van der Waals surface area contributed by atoms with E-state index in [9.17, 15) is 18.3 Å². The quantitative estimate of drug-likeness (QED) is 0.896. The minimum Gasteiger partial charge on any atom is -0.388 e. The first-order valence-electron chi connectivity index (χ1n) is 6.96. The summed E-state index contributed by atoms with van der Waals surface area (Å²) in [5.41, 5.74) is 4.32. The molecule has 4 nitrogen and oxygen atoms in total. The van der Waals surface area contributed by atoms with Crippen LogP contribution in [0.3, 0.4) is 0 Å². The smallest absolute Gasteiger partial charge is 0.388 e. The van der Waals surface area contributed by atoms with Gasteiger partial charge in [0.1, 0.15) is 11.5 Å². The summed E-state index contributed by atoms with van der Waals surface area (Å²) >= 11 is 0. The first-order chi connectivity index (χ1) is 9.75. The highest BCUT2D eigenvalue weighted by molar-refractivity contribution is 5.48. The first kappa shape index (κ1) is 16.0. The molecule has 0 aromatic carbocycles. The van der Waals surface area contributed by atoms with Crippen LogP contribution >= 0.6 is 0 Å². The van der Waals surface area contributed by atoms with Crippen molar-refractivity contribution >= 4 is 5.82 Å². The molecule has 1 aromatic heterocycles. The van der Waals surface area contributed by atoms with Crippen molar-refractivity contribution in [1.29, 1.82) is 0 Å². The van der Waals surface area contributed by atoms with Gasteiger partial charge < -0.3 is 15.7 Å². The van der Waals surface area contributed by atoms with Crippen molar-refractivity contribution in [2.45, 2.75) is 44.0 Å². The second-order valence-corrected chi connectivity index (χ2v) is 5.67. The van der Waals surface area contributed by atoms with Crippen LogP contribution in [0.15, 0.2) is 12.1 Å². The molecule has 0 amide bonds. The van der Waals surface area contributed by atoms with Crippen LogP contribution in [0.1, 0.15) is 36.9 Å². The Bertz CT molecular complexity index is 499. The highest BCUT2D eigenvalue weighted by Crippen LogP contribution is 2.33. The lowest BCUT2D eigenvalue weighted by Crippen LogP contribution is -2.40. The zero-order valence-corrected chi connectivity index (χ0v) is 12.0. The molecule has 0 radical (unpaired) electrons. The van der Waals surface area contributed by atoms with Crippen LogP contribution in [-0.4, -0.2) is 29.3 Å². The van der Waals surface area contributed by atoms with E-state index >= 15 is 0 Å². The molecule has 3 N–H and O–H groups in total. The normalized spacial score (nSPS) is 18.0. The van der Waals surface area contributed by atoms with Gasteiger partial charge in [0, 0.05) is 25.7 Å². The molecule has 1 aliphatic rings. The maximum Gasteiger partial charge on any atom is 0.433 e. The van der Waals surface area contributed by atoms with Crippen LogP contribution < -0.4 is 10.6 Å². The molecule has 2 rings (SSSR count). The van der Waals surface area contributed by atoms with E-state index < -0.39 is 17.5 Å². The van der Waals surface area contributed by atoms with Crippen molar-refractivity contribution in [1.82, 2.24) is 4.98 Å². The topological polar surface area (TPSA) is 62.4 Å². The molecule has 21 heavy (non-hydrogen) atoms. The maximum absolute atomic E-state index is 12.8. The third kappa shape index (κ3) is 3.65. The molecule has 1 saturated carbocycles. The van der Waals surface area contributed by atoms with Crippen molar-refractivity contribution in [3.05, 3.63) is 23.4 Å². The summed E-state index contributed by atoms with van der Waals surface area (Å²) in [5.74, 6) is 0.188. The fraction of sp³-hybridized carbons (Fsp3) is 0.643. The number of likely N-dealkylation sites (N-methyl/N-ethyl adjacent to an activating group) is 1. The Morgan fingerprint density at radius 3 is 2.48 bits per heavy atom. The third-order valence-electron chi connectivity index (χ3n) is 3.89. The number of aromatic nitrogens is 1. The molecule has 0 aliphatic heterocycles. The SMILES string of the molecule is CN(CC1(O)CCCC1)c1nc(C(F)(F)F)ccc1CN. The molecule has 0 atom stereocenters. The van der Waals surface area contributed by atoms with E-state index in [-0.39, 0.29) is 18.9 Å². The van der Waals surface area contributed by atoms with Gasteiger partial charge in [0.2, 0.25) is 0 Å². The summed E-state index contributed by atoms with van der Waals surface area (Å²) in [6.45, 7) is 0.359. The lowest BCUT2D eigenvalue weighted by atomic mass is 10.0. The van der Waals surface area contributed by atoms with Gasteiger partial charge in [-0.1, -0.05) is 18.9 Å². The molecule has 1 heterocycles. The molecule has 0 bridgehead atoms. The van der Waals surface area contributed by atoms with Crippen LogP contribution in [0.25, 0.3) is 0 Å². The minimum absolute atomic E-state index is 0.100. The van der Waals surface area contributed by atoms with Crippen molar-refractivity contribution in [2.24, 2.45) is 5.73 Å². The number of nitrogens with zero attached hydrogens (tertiary/aromatic N) is 2. The highest BCUT2D eigenvalue weighted by Gasteiger charge is 2.35. The van der Waals surface area contributed by atoms with Crippen LogP contribution in [0.4, 0.5) is 19.0 Å². The largest absolute Gasteiger partial charge is 0.433 e. The maximum atomic E-state index is 12.8. The molecule has 0 saturated heterocycles. The lowest BCUT2D eigenvalue weighted by Gasteiger charge is -2.30. The Kier molecular flexibility index (Phi) is 4.43. The number of alkyl halides is 3. The Balaban J connectivity index is 2.27. The average molecular weight is 303 g/mol. The summed E-state index contributed by atoms with van der Waals surface area (Å²) in [6.07, 6.45) is -1.30. The number of pyridine rings is 1. The van der Waals surface area contributed by atoms with Crippen molar-refractivity contribution in [3.63, 3.8) is 0 Å². The highest BCUT2D eigenvalue weighted by atomic mass is 19.4. The Labute approximate surface area is 121 Å². The second-order valence-electron chi connectivity index (χ2n) is 5.67. The van der Waals surface area contributed by atoms with Crippen LogP contribution in [0.2, 0.25) is 0 Å². The number of hydrogen-bond acceptors (Lipinski definition) is 4. The van der Waals surface area contributed by atoms with E-state index in [2.05, 4.69) is 4.98 Å². The fourth-order valence-electron chi connectivity index (χ4n) is 2.83. The third-order valence-corrected chi connectivity index (χ3v) is 3.89. The molecular weight excluding hydrogens is 283 g/mol. The Morgan fingerprint density at radius 2 is 1.95 bits per heavy atom. The molecular formula is C14H20F3N3O. The molecule has 7 heteroatoms. The van der Waals surface area contributed by atoms with E-state index in [4.69, 9.17) is 5.73 Å². The zero-order chi connectivity index (χ0) is 15.7. The van der Waals surface area contributed by atoms with E-state index in [1.54, 1.807) is 11.9 Å². The molecule has 118 valence electrons. The monoisotopic (exact) mass is 303 g/mol. The summed E-state index contributed by atoms with van der Waals surface area (Å²) in [5, 5.41) is 10.4. The van der Waals surface area contributed by atoms with Crippen LogP contribution in [-0.2, 0) is 12.7 Å². The molecule has 1 aliphatic carbocycles. The van der Waals surface area contributed by atoms with Gasteiger partial charge in [-0.15, -0.1) is 0 Å². The average Bonchev–Trinajstić information content (AvgIpc) is 2.83. The standard InChI is InChI=1S/C14H20F3N3O/c1-20(9-13(21)6-2-3-7-13)12-10(8-18)4-5-11(19-12)14(15,16)17/h4-5,21H,2-3,6-9,18H2,1H3. The van der Waals surface area contributed by atoms with Gasteiger partial charge in [0.05, 0.1) is 5.60 Å². The summed E-state index contributed by atoms with van der Waals surface area (Å²) in [6, 6.07) is 2.28. The van der Waals surface area contributed by atoms with E-state index in [1.165, 1.54) is 6.07 Å². The van der Waals surface area contributed by atoms with Gasteiger partial charge in [-0.3, -0.25) is 0 Å². The first-order valence-corrected chi connectivity index (χ1v) is 6.96. The number of nitrogens with two attached hydrogens (primary N) is 1. The predicted octanol–water partition coefficient (Wildman–Crippen LogP) is 2.30. The van der Waals surface area contributed by atoms with Gasteiger partial charge in [0.15, 0.2) is 0 Å². The van der Waals surface area contributed by atoms with Crippen LogP contribution in [0.5, 0.6) is 0 Å². The van der Waals surface area contributed by atoms with Crippen molar-refractivity contribution in [2.75, 3.05) is 18.5 Å². The Morgan fingerprint density at radius 1 is 1.33 bits per heavy atom. The number of anilines is 1. The predicted molar refractivity (Wildman–Crippen MR) is 73.8 cm³/mol. The second kappa shape index (κ2) is 5.81. The van der Waals surface area contributed by atoms with Gasteiger partial charge in [-0.2, -0.15) is 13.2 Å². The summed E-state index contributed by atoms with van der Waals surface area (Å²) in [7, 11) is 1.64. The number of aliphatic hydroxyl groups is 1. The molecule has 1 aromatic rings. The van der Waals surface area contributed by atoms with Gasteiger partial charge in [-0.25, -0.2) is 4.98 Å². The number of rotatable bonds is 4. The minimum atomic E-state index is -4.49. The summed E-state index contributed by atoms with van der Waals surface area (Å²) < 4.78 is 38.4. The Hall–Kier alpha value is -1.34. The van der Waals surface area contributed by atoms with Crippen molar-refractivity contribution in [3.8, 4) is 0 Å². The zero-order valence-electron chi connectivity index (χ0n) is 12.0. The van der Waals surface area contributed by atoms with E-state index in [1.807, 2.05) is 0 Å². The van der Waals surface area contributed by atoms with Gasteiger partial charge in [0.25, 0.3) is 0 Å². The van der Waals surface area contributed by atoms with E-state index in [0.717, 1.165) is 18.9 Å². The number of halogens is 3.